The molecule has 5 heteroatoms. The number of hydrogen-bond donors (Lipinski definition) is 0. The summed E-state index contributed by atoms with van der Waals surface area (Å²) < 4.78 is 5.58. The van der Waals surface area contributed by atoms with Crippen LogP contribution in [0.2, 0.25) is 0 Å². The van der Waals surface area contributed by atoms with Crippen LogP contribution >= 0.6 is 0 Å². The molecule has 4 rings (SSSR count). The van der Waals surface area contributed by atoms with Crippen LogP contribution in [0.3, 0.4) is 0 Å². The smallest absolute Gasteiger partial charge is 0.410 e. The highest BCUT2D eigenvalue weighted by Gasteiger charge is 2.32. The first-order valence-electron chi connectivity index (χ1n) is 9.39. The van der Waals surface area contributed by atoms with Crippen molar-refractivity contribution in [3.8, 4) is 0 Å². The first-order valence-corrected chi connectivity index (χ1v) is 9.39. The van der Waals surface area contributed by atoms with Gasteiger partial charge < -0.3 is 14.5 Å². The van der Waals surface area contributed by atoms with Gasteiger partial charge in [0.05, 0.1) is 6.04 Å². The van der Waals surface area contributed by atoms with Crippen LogP contribution in [0.4, 0.5) is 16.2 Å². The highest BCUT2D eigenvalue weighted by Crippen LogP contribution is 2.30. The van der Waals surface area contributed by atoms with Crippen molar-refractivity contribution in [2.24, 2.45) is 0 Å². The van der Waals surface area contributed by atoms with E-state index in [-0.39, 0.29) is 12.1 Å². The van der Waals surface area contributed by atoms with E-state index in [1.807, 2.05) is 20.8 Å². The largest absolute Gasteiger partial charge is 0.444 e. The number of benzene rings is 2. The Hall–Kier alpha value is -2.69. The molecule has 2 aliphatic heterocycles. The van der Waals surface area contributed by atoms with E-state index in [1.165, 1.54) is 10.9 Å². The fraction of sp³-hybridized carbons (Fsp3) is 0.318. The molecule has 2 aromatic carbocycles. The highest BCUT2D eigenvalue weighted by atomic mass is 16.6. The summed E-state index contributed by atoms with van der Waals surface area (Å²) in [6.45, 7) is 6.86. The lowest BCUT2D eigenvalue weighted by atomic mass is 9.60. The van der Waals surface area contributed by atoms with E-state index >= 15 is 0 Å². The van der Waals surface area contributed by atoms with Crippen LogP contribution in [-0.2, 0) is 4.74 Å². The Bertz CT molecular complexity index is 842. The Balaban J connectivity index is 1.66. The lowest BCUT2D eigenvalue weighted by Crippen LogP contribution is -2.52. The third-order valence-electron chi connectivity index (χ3n) is 4.78. The summed E-state index contributed by atoms with van der Waals surface area (Å²) in [6.07, 6.45) is 3.99. The molecule has 0 N–H and O–H groups in total. The van der Waals surface area contributed by atoms with Crippen LogP contribution in [0.15, 0.2) is 60.7 Å². The second-order valence-electron chi connectivity index (χ2n) is 8.01. The van der Waals surface area contributed by atoms with Crippen LogP contribution in [0.1, 0.15) is 20.8 Å². The summed E-state index contributed by atoms with van der Waals surface area (Å²) in [5.74, 6) is 0. The van der Waals surface area contributed by atoms with Crippen LogP contribution in [0.5, 0.6) is 0 Å². The van der Waals surface area contributed by atoms with Gasteiger partial charge in [0.2, 0.25) is 0 Å². The summed E-state index contributed by atoms with van der Waals surface area (Å²) in [6, 6.07) is 16.9. The zero-order valence-corrected chi connectivity index (χ0v) is 16.1. The number of amides is 1. The SMILES string of the molecule is CC(C)(C)OC(=O)N1CC=C[C@@H](N2c3ccccc3[B]c3ccccc32)C1. The van der Waals surface area contributed by atoms with Gasteiger partial charge in [0.25, 0.3) is 0 Å². The molecular weight excluding hydrogens is 335 g/mol. The zero-order valence-electron chi connectivity index (χ0n) is 16.1. The van der Waals surface area contributed by atoms with Gasteiger partial charge in [-0.3, -0.25) is 0 Å². The second-order valence-corrected chi connectivity index (χ2v) is 8.01. The first-order chi connectivity index (χ1) is 12.9. The summed E-state index contributed by atoms with van der Waals surface area (Å²) in [5, 5.41) is 0. The quantitative estimate of drug-likeness (QED) is 0.580. The molecule has 137 valence electrons. The van der Waals surface area contributed by atoms with E-state index < -0.39 is 5.60 Å². The molecule has 4 nitrogen and oxygen atoms in total. The normalized spacial score (nSPS) is 18.4. The number of hydrogen-bond acceptors (Lipinski definition) is 3. The Labute approximate surface area is 161 Å². The molecule has 27 heavy (non-hydrogen) atoms. The minimum atomic E-state index is -0.493. The van der Waals surface area contributed by atoms with Crippen molar-refractivity contribution in [2.45, 2.75) is 32.4 Å². The van der Waals surface area contributed by atoms with Gasteiger partial charge in [-0.25, -0.2) is 4.79 Å². The van der Waals surface area contributed by atoms with E-state index in [1.54, 1.807) is 4.90 Å². The van der Waals surface area contributed by atoms with Crippen molar-refractivity contribution in [3.05, 3.63) is 60.7 Å². The lowest BCUT2D eigenvalue weighted by molar-refractivity contribution is 0.0260. The van der Waals surface area contributed by atoms with Gasteiger partial charge in [-0.15, -0.1) is 0 Å². The molecule has 0 saturated heterocycles. The van der Waals surface area contributed by atoms with Crippen molar-refractivity contribution in [1.82, 2.24) is 4.90 Å². The van der Waals surface area contributed by atoms with Crippen LogP contribution in [0.25, 0.3) is 0 Å². The average Bonchev–Trinajstić information content (AvgIpc) is 2.65. The number of anilines is 2. The van der Waals surface area contributed by atoms with Crippen LogP contribution in [-0.4, -0.2) is 43.0 Å². The summed E-state index contributed by atoms with van der Waals surface area (Å²) in [4.78, 5) is 16.7. The first kappa shape index (κ1) is 17.7. The van der Waals surface area contributed by atoms with E-state index in [0.717, 1.165) is 11.4 Å². The lowest BCUT2D eigenvalue weighted by Gasteiger charge is -2.41. The van der Waals surface area contributed by atoms with Gasteiger partial charge in [-0.1, -0.05) is 59.5 Å². The molecule has 1 atom stereocenters. The molecule has 2 heterocycles. The Kier molecular flexibility index (Phi) is 4.46. The Morgan fingerprint density at radius 2 is 1.63 bits per heavy atom. The van der Waals surface area contributed by atoms with Gasteiger partial charge in [0, 0.05) is 24.5 Å². The molecule has 2 aromatic rings. The maximum atomic E-state index is 12.6. The molecule has 0 aromatic heterocycles. The van der Waals surface area contributed by atoms with E-state index in [9.17, 15) is 4.79 Å². The number of carbonyl (C=O) groups is 1. The van der Waals surface area contributed by atoms with Crippen LogP contribution < -0.4 is 15.8 Å². The van der Waals surface area contributed by atoms with Crippen LogP contribution in [0, 0.1) is 0 Å². The third kappa shape index (κ3) is 3.59. The molecule has 0 spiro atoms. The number of nitrogens with zero attached hydrogens (tertiary/aromatic N) is 2. The maximum absolute atomic E-state index is 12.6. The van der Waals surface area contributed by atoms with Crippen molar-refractivity contribution in [2.75, 3.05) is 18.0 Å². The predicted molar refractivity (Wildman–Crippen MR) is 111 cm³/mol. The topological polar surface area (TPSA) is 32.8 Å². The fourth-order valence-corrected chi connectivity index (χ4v) is 3.66. The van der Waals surface area contributed by atoms with E-state index in [2.05, 4.69) is 72.9 Å². The molecule has 2 aliphatic rings. The van der Waals surface area contributed by atoms with Crippen molar-refractivity contribution < 1.29 is 9.53 Å². The van der Waals surface area contributed by atoms with Gasteiger partial charge >= 0.3 is 6.09 Å². The van der Waals surface area contributed by atoms with Gasteiger partial charge in [-0.2, -0.15) is 0 Å². The minimum absolute atomic E-state index is 0.0577. The van der Waals surface area contributed by atoms with Crippen molar-refractivity contribution in [1.29, 1.82) is 0 Å². The number of ether oxygens (including phenoxy) is 1. The average molecular weight is 359 g/mol. The standard InChI is InChI=1S/C22H24BN2O2/c1-22(2,3)27-21(26)24-14-8-9-16(15-24)25-19-12-6-4-10-17(19)23-18-11-5-7-13-20(18)25/h4-13,16H,14-15H2,1-3H3/t16-/m1/s1. The summed E-state index contributed by atoms with van der Waals surface area (Å²) in [7, 11) is 2.22. The summed E-state index contributed by atoms with van der Waals surface area (Å²) >= 11 is 0. The van der Waals surface area contributed by atoms with Crippen molar-refractivity contribution in [3.63, 3.8) is 0 Å². The molecule has 0 saturated carbocycles. The Morgan fingerprint density at radius 1 is 1.04 bits per heavy atom. The predicted octanol–water partition coefficient (Wildman–Crippen LogP) is 2.97. The number of rotatable bonds is 1. The summed E-state index contributed by atoms with van der Waals surface area (Å²) in [5.41, 5.74) is 4.22. The zero-order chi connectivity index (χ0) is 19.0. The Morgan fingerprint density at radius 3 is 2.22 bits per heavy atom. The second kappa shape index (κ2) is 6.80. The van der Waals surface area contributed by atoms with Gasteiger partial charge in [-0.05, 0) is 32.9 Å². The van der Waals surface area contributed by atoms with Crippen molar-refractivity contribution >= 4 is 35.7 Å². The molecule has 0 fully saturated rings. The molecular formula is C22H24BN2O2. The number of para-hydroxylation sites is 2. The van der Waals surface area contributed by atoms with Gasteiger partial charge in [0.15, 0.2) is 7.28 Å². The fourth-order valence-electron chi connectivity index (χ4n) is 3.66. The minimum Gasteiger partial charge on any atom is -0.444 e. The molecule has 0 bridgehead atoms. The van der Waals surface area contributed by atoms with E-state index in [0.29, 0.717) is 13.1 Å². The maximum Gasteiger partial charge on any atom is 0.410 e. The highest BCUT2D eigenvalue weighted by molar-refractivity contribution is 6.71. The molecule has 0 unspecified atom stereocenters. The monoisotopic (exact) mass is 359 g/mol. The number of carbonyl (C=O) groups excluding carboxylic acids is 1. The van der Waals surface area contributed by atoms with Gasteiger partial charge in [0.1, 0.15) is 5.60 Å². The number of fused-ring (bicyclic) bond motifs is 2. The molecule has 0 aliphatic carbocycles. The van der Waals surface area contributed by atoms with E-state index in [4.69, 9.17) is 4.74 Å². The third-order valence-corrected chi connectivity index (χ3v) is 4.78. The molecule has 1 amide bonds. The molecule has 1 radical (unpaired) electrons.